The smallest absolute Gasteiger partial charge is 0.153 e. The molecule has 0 aromatic heterocycles. The van der Waals surface area contributed by atoms with Gasteiger partial charge in [0.05, 0.1) is 5.56 Å². The summed E-state index contributed by atoms with van der Waals surface area (Å²) in [5.74, 6) is 0.0347. The van der Waals surface area contributed by atoms with E-state index in [-0.39, 0.29) is 5.75 Å². The van der Waals surface area contributed by atoms with Crippen molar-refractivity contribution in [2.24, 2.45) is 0 Å². The maximum atomic E-state index is 10.1. The summed E-state index contributed by atoms with van der Waals surface area (Å²) in [6.45, 7) is 2.00. The summed E-state index contributed by atoms with van der Waals surface area (Å²) in [5.41, 5.74) is 0.331. The fourth-order valence-corrected chi connectivity index (χ4v) is 0.587. The molecule has 0 aliphatic rings. The summed E-state index contributed by atoms with van der Waals surface area (Å²) >= 11 is 0. The quantitative estimate of drug-likeness (QED) is 0.611. The monoisotopic (exact) mass is 152 g/mol. The summed E-state index contributed by atoms with van der Waals surface area (Å²) in [6.07, 6.45) is 0.620. The van der Waals surface area contributed by atoms with E-state index in [4.69, 9.17) is 9.90 Å². The molecule has 0 fully saturated rings. The SMILES string of the molecule is C=O.O=Cc1ccccc1O. The van der Waals surface area contributed by atoms with Crippen LogP contribution in [0.25, 0.3) is 0 Å². The second-order valence-corrected chi connectivity index (χ2v) is 1.68. The number of phenols is 1. The van der Waals surface area contributed by atoms with Crippen molar-refractivity contribution in [1.29, 1.82) is 0 Å². The molecule has 0 aliphatic carbocycles. The normalized spacial score (nSPS) is 7.64. The molecule has 0 saturated carbocycles. The van der Waals surface area contributed by atoms with Crippen molar-refractivity contribution in [2.45, 2.75) is 0 Å². The molecule has 1 aromatic carbocycles. The first-order chi connectivity index (χ1) is 5.34. The Labute approximate surface area is 64.3 Å². The Kier molecular flexibility index (Phi) is 4.40. The molecule has 0 bridgehead atoms. The van der Waals surface area contributed by atoms with E-state index in [1.165, 1.54) is 6.07 Å². The van der Waals surface area contributed by atoms with Gasteiger partial charge in [-0.3, -0.25) is 4.79 Å². The van der Waals surface area contributed by atoms with Crippen molar-refractivity contribution in [3.05, 3.63) is 29.8 Å². The highest BCUT2D eigenvalue weighted by Crippen LogP contribution is 2.11. The Morgan fingerprint density at radius 2 is 1.82 bits per heavy atom. The molecular weight excluding hydrogens is 144 g/mol. The van der Waals surface area contributed by atoms with Crippen molar-refractivity contribution < 1.29 is 14.7 Å². The summed E-state index contributed by atoms with van der Waals surface area (Å²) in [7, 11) is 0. The molecule has 0 atom stereocenters. The second kappa shape index (κ2) is 5.17. The molecule has 3 heteroatoms. The van der Waals surface area contributed by atoms with E-state index in [0.717, 1.165) is 0 Å². The standard InChI is InChI=1S/C7H6O2.CH2O/c8-5-6-3-1-2-4-7(6)9;1-2/h1-5,9H;1H2. The van der Waals surface area contributed by atoms with Crippen LogP contribution in [-0.2, 0) is 4.79 Å². The van der Waals surface area contributed by atoms with Crippen LogP contribution in [0.15, 0.2) is 24.3 Å². The number of carbonyl (C=O) groups is 2. The van der Waals surface area contributed by atoms with Crippen LogP contribution in [-0.4, -0.2) is 18.2 Å². The van der Waals surface area contributed by atoms with Crippen molar-refractivity contribution in [1.82, 2.24) is 0 Å². The molecule has 3 nitrogen and oxygen atoms in total. The molecule has 0 unspecified atom stereocenters. The van der Waals surface area contributed by atoms with Gasteiger partial charge in [-0.05, 0) is 12.1 Å². The number of hydrogen-bond acceptors (Lipinski definition) is 3. The number of hydrogen-bond donors (Lipinski definition) is 1. The lowest BCUT2D eigenvalue weighted by atomic mass is 10.2. The van der Waals surface area contributed by atoms with Gasteiger partial charge in [-0.2, -0.15) is 0 Å². The summed E-state index contributed by atoms with van der Waals surface area (Å²) in [4.78, 5) is 18.1. The molecule has 0 radical (unpaired) electrons. The van der Waals surface area contributed by atoms with E-state index in [2.05, 4.69) is 0 Å². The summed E-state index contributed by atoms with van der Waals surface area (Å²) in [5, 5.41) is 8.88. The highest BCUT2D eigenvalue weighted by molar-refractivity contribution is 5.78. The molecule has 0 heterocycles. The Bertz CT molecular complexity index is 233. The van der Waals surface area contributed by atoms with Crippen LogP contribution in [0.3, 0.4) is 0 Å². The summed E-state index contributed by atoms with van der Waals surface area (Å²) in [6, 6.07) is 6.40. The van der Waals surface area contributed by atoms with Crippen LogP contribution in [0.5, 0.6) is 5.75 Å². The second-order valence-electron chi connectivity index (χ2n) is 1.68. The lowest BCUT2D eigenvalue weighted by Crippen LogP contribution is -1.77. The maximum absolute atomic E-state index is 10.1. The van der Waals surface area contributed by atoms with Crippen LogP contribution < -0.4 is 0 Å². The molecule has 0 aliphatic heterocycles. The Balaban J connectivity index is 0.000000461. The number of carbonyl (C=O) groups excluding carboxylic acids is 2. The Morgan fingerprint density at radius 1 is 1.27 bits per heavy atom. The van der Waals surface area contributed by atoms with Gasteiger partial charge in [0.2, 0.25) is 0 Å². The van der Waals surface area contributed by atoms with E-state index >= 15 is 0 Å². The Morgan fingerprint density at radius 3 is 2.18 bits per heavy atom. The van der Waals surface area contributed by atoms with Gasteiger partial charge in [0.15, 0.2) is 6.29 Å². The average Bonchev–Trinajstić information content (AvgIpc) is 2.09. The van der Waals surface area contributed by atoms with Crippen LogP contribution in [0.4, 0.5) is 0 Å². The highest BCUT2D eigenvalue weighted by atomic mass is 16.3. The van der Waals surface area contributed by atoms with Gasteiger partial charge in [0.1, 0.15) is 12.5 Å². The molecule has 1 N–H and O–H groups in total. The van der Waals surface area contributed by atoms with Crippen LogP contribution in [0.2, 0.25) is 0 Å². The number of rotatable bonds is 1. The zero-order valence-corrected chi connectivity index (χ0v) is 5.86. The fourth-order valence-electron chi connectivity index (χ4n) is 0.587. The lowest BCUT2D eigenvalue weighted by Gasteiger charge is -1.91. The molecule has 0 saturated heterocycles. The minimum absolute atomic E-state index is 0.0347. The van der Waals surface area contributed by atoms with Crippen molar-refractivity contribution >= 4 is 13.1 Å². The van der Waals surface area contributed by atoms with E-state index < -0.39 is 0 Å². The molecule has 11 heavy (non-hydrogen) atoms. The number of benzene rings is 1. The van der Waals surface area contributed by atoms with Crippen molar-refractivity contribution in [3.8, 4) is 5.75 Å². The molecular formula is C8H8O3. The summed E-state index contributed by atoms with van der Waals surface area (Å²) < 4.78 is 0. The molecule has 0 amide bonds. The van der Waals surface area contributed by atoms with Gasteiger partial charge < -0.3 is 9.90 Å². The molecule has 58 valence electrons. The van der Waals surface area contributed by atoms with Gasteiger partial charge >= 0.3 is 0 Å². The topological polar surface area (TPSA) is 54.4 Å². The number of aldehydes is 1. The van der Waals surface area contributed by atoms with Gasteiger partial charge in [-0.25, -0.2) is 0 Å². The van der Waals surface area contributed by atoms with Crippen molar-refractivity contribution in [2.75, 3.05) is 0 Å². The predicted octanol–water partition coefficient (Wildman–Crippen LogP) is 1.02. The van der Waals surface area contributed by atoms with E-state index in [0.29, 0.717) is 11.8 Å². The zero-order valence-electron chi connectivity index (χ0n) is 5.86. The third-order valence-corrected chi connectivity index (χ3v) is 1.06. The van der Waals surface area contributed by atoms with Gasteiger partial charge in [-0.15, -0.1) is 0 Å². The highest BCUT2D eigenvalue weighted by Gasteiger charge is 1.93. The first-order valence-electron chi connectivity index (χ1n) is 2.86. The van der Waals surface area contributed by atoms with Crippen LogP contribution in [0.1, 0.15) is 10.4 Å². The Hall–Kier alpha value is -1.64. The average molecular weight is 152 g/mol. The van der Waals surface area contributed by atoms with Gasteiger partial charge in [-0.1, -0.05) is 12.1 Å². The third kappa shape index (κ3) is 2.62. The minimum atomic E-state index is 0.0347. The number of aromatic hydroxyl groups is 1. The molecule has 1 rings (SSSR count). The lowest BCUT2D eigenvalue weighted by molar-refractivity contribution is -0.0979. The predicted molar refractivity (Wildman–Crippen MR) is 40.6 cm³/mol. The number of para-hydroxylation sites is 1. The third-order valence-electron chi connectivity index (χ3n) is 1.06. The maximum Gasteiger partial charge on any atom is 0.153 e. The number of phenolic OH excluding ortho intramolecular Hbond substituents is 1. The largest absolute Gasteiger partial charge is 0.507 e. The van der Waals surface area contributed by atoms with Crippen molar-refractivity contribution in [3.63, 3.8) is 0 Å². The first-order valence-corrected chi connectivity index (χ1v) is 2.86. The van der Waals surface area contributed by atoms with E-state index in [1.54, 1.807) is 18.2 Å². The van der Waals surface area contributed by atoms with Crippen LogP contribution >= 0.6 is 0 Å². The van der Waals surface area contributed by atoms with Crippen LogP contribution in [0, 0.1) is 0 Å². The minimum Gasteiger partial charge on any atom is -0.507 e. The fraction of sp³-hybridized carbons (Fsp3) is 0. The van der Waals surface area contributed by atoms with E-state index in [9.17, 15) is 4.79 Å². The molecule has 0 spiro atoms. The first kappa shape index (κ1) is 9.36. The van der Waals surface area contributed by atoms with Gasteiger partial charge in [0.25, 0.3) is 0 Å². The molecule has 1 aromatic rings. The van der Waals surface area contributed by atoms with Gasteiger partial charge in [0, 0.05) is 0 Å². The zero-order chi connectivity index (χ0) is 8.69. The van der Waals surface area contributed by atoms with E-state index in [1.807, 2.05) is 6.79 Å².